The van der Waals surface area contributed by atoms with Crippen LogP contribution in [-0.2, 0) is 6.54 Å². The molecule has 0 bridgehead atoms. The Kier molecular flexibility index (Phi) is 5.23. The van der Waals surface area contributed by atoms with Crippen LogP contribution in [0.25, 0.3) is 10.6 Å². The second-order valence-electron chi connectivity index (χ2n) is 6.92. The maximum absolute atomic E-state index is 13.1. The van der Waals surface area contributed by atoms with Crippen molar-refractivity contribution in [3.63, 3.8) is 0 Å². The molecule has 0 radical (unpaired) electrons. The van der Waals surface area contributed by atoms with Gasteiger partial charge in [0.1, 0.15) is 22.1 Å². The van der Waals surface area contributed by atoms with Gasteiger partial charge in [-0.15, -0.1) is 11.3 Å². The monoisotopic (exact) mass is 400 g/mol. The average Bonchev–Trinajstić information content (AvgIpc) is 3.29. The highest BCUT2D eigenvalue weighted by Gasteiger charge is 2.26. The van der Waals surface area contributed by atoms with Crippen LogP contribution in [0.3, 0.4) is 0 Å². The highest BCUT2D eigenvalue weighted by molar-refractivity contribution is 7.13. The van der Waals surface area contributed by atoms with Crippen molar-refractivity contribution in [2.24, 2.45) is 0 Å². The SMILES string of the molecule is Cc1noc(C)c1C(=O)N1CCN(Cc2csc(-c3ccc(F)cc3)n2)CC1. The lowest BCUT2D eigenvalue weighted by Gasteiger charge is -2.34. The zero-order valence-electron chi connectivity index (χ0n) is 15.8. The van der Waals surface area contributed by atoms with Gasteiger partial charge >= 0.3 is 0 Å². The summed E-state index contributed by atoms with van der Waals surface area (Å²) in [6, 6.07) is 6.39. The minimum absolute atomic E-state index is 0.0110. The van der Waals surface area contributed by atoms with Crippen LogP contribution in [0.2, 0.25) is 0 Å². The second kappa shape index (κ2) is 7.81. The molecular weight excluding hydrogens is 379 g/mol. The number of aromatic nitrogens is 2. The zero-order valence-corrected chi connectivity index (χ0v) is 16.6. The molecule has 0 aliphatic carbocycles. The standard InChI is InChI=1S/C20H21FN4O2S/c1-13-18(14(2)27-23-13)20(26)25-9-7-24(8-10-25)11-17-12-28-19(22-17)15-3-5-16(21)6-4-15/h3-6,12H,7-11H2,1-2H3. The van der Waals surface area contributed by atoms with Gasteiger partial charge in [-0.2, -0.15) is 0 Å². The molecule has 3 aromatic rings. The zero-order chi connectivity index (χ0) is 19.7. The van der Waals surface area contributed by atoms with Gasteiger partial charge in [0.05, 0.1) is 11.4 Å². The number of halogens is 1. The summed E-state index contributed by atoms with van der Waals surface area (Å²) in [6.45, 7) is 7.21. The Morgan fingerprint density at radius 1 is 1.18 bits per heavy atom. The first kappa shape index (κ1) is 18.8. The number of rotatable bonds is 4. The van der Waals surface area contributed by atoms with Gasteiger partial charge in [-0.05, 0) is 38.1 Å². The quantitative estimate of drug-likeness (QED) is 0.671. The van der Waals surface area contributed by atoms with Crippen molar-refractivity contribution in [3.8, 4) is 10.6 Å². The van der Waals surface area contributed by atoms with Crippen LogP contribution in [0, 0.1) is 19.7 Å². The summed E-state index contributed by atoms with van der Waals surface area (Å²) in [6.07, 6.45) is 0. The van der Waals surface area contributed by atoms with Crippen LogP contribution in [0.15, 0.2) is 34.2 Å². The molecule has 0 atom stereocenters. The molecule has 2 aromatic heterocycles. The molecule has 0 N–H and O–H groups in total. The molecule has 0 saturated carbocycles. The summed E-state index contributed by atoms with van der Waals surface area (Å²) < 4.78 is 18.2. The Morgan fingerprint density at radius 3 is 2.54 bits per heavy atom. The van der Waals surface area contributed by atoms with Gasteiger partial charge < -0.3 is 9.42 Å². The van der Waals surface area contributed by atoms with Gasteiger partial charge in [0.25, 0.3) is 5.91 Å². The van der Waals surface area contributed by atoms with Crippen LogP contribution in [0.4, 0.5) is 4.39 Å². The van der Waals surface area contributed by atoms with E-state index in [0.29, 0.717) is 30.1 Å². The molecule has 0 unspecified atom stereocenters. The molecule has 1 amide bonds. The fourth-order valence-corrected chi connectivity index (χ4v) is 4.21. The summed E-state index contributed by atoms with van der Waals surface area (Å²) >= 11 is 1.56. The van der Waals surface area contributed by atoms with Gasteiger partial charge in [0, 0.05) is 43.7 Å². The highest BCUT2D eigenvalue weighted by atomic mass is 32.1. The van der Waals surface area contributed by atoms with Crippen LogP contribution in [0.5, 0.6) is 0 Å². The van der Waals surface area contributed by atoms with Gasteiger partial charge in [0.15, 0.2) is 0 Å². The van der Waals surface area contributed by atoms with Crippen LogP contribution in [0.1, 0.15) is 27.5 Å². The van der Waals surface area contributed by atoms with E-state index >= 15 is 0 Å². The number of carbonyl (C=O) groups is 1. The first-order valence-electron chi connectivity index (χ1n) is 9.16. The number of thiazole rings is 1. The van der Waals surface area contributed by atoms with Crippen LogP contribution < -0.4 is 0 Å². The molecule has 146 valence electrons. The maximum Gasteiger partial charge on any atom is 0.259 e. The van der Waals surface area contributed by atoms with E-state index in [1.165, 1.54) is 12.1 Å². The molecule has 1 fully saturated rings. The topological polar surface area (TPSA) is 62.5 Å². The van der Waals surface area contributed by atoms with E-state index in [2.05, 4.69) is 15.0 Å². The van der Waals surface area contributed by atoms with Crippen LogP contribution >= 0.6 is 11.3 Å². The van der Waals surface area contributed by atoms with E-state index in [4.69, 9.17) is 4.52 Å². The normalized spacial score (nSPS) is 15.2. The Hall–Kier alpha value is -2.58. The number of piperazine rings is 1. The number of amides is 1. The smallest absolute Gasteiger partial charge is 0.259 e. The molecule has 8 heteroatoms. The van der Waals surface area contributed by atoms with E-state index in [-0.39, 0.29) is 11.7 Å². The van der Waals surface area contributed by atoms with E-state index in [1.807, 2.05) is 10.3 Å². The fourth-order valence-electron chi connectivity index (χ4n) is 3.39. The molecule has 1 aromatic carbocycles. The Bertz CT molecular complexity index is 955. The number of hydrogen-bond donors (Lipinski definition) is 0. The minimum atomic E-state index is -0.246. The molecule has 1 saturated heterocycles. The minimum Gasteiger partial charge on any atom is -0.361 e. The average molecular weight is 400 g/mol. The van der Waals surface area contributed by atoms with Crippen molar-refractivity contribution in [2.45, 2.75) is 20.4 Å². The molecule has 0 spiro atoms. The molecule has 3 heterocycles. The van der Waals surface area contributed by atoms with E-state index in [0.717, 1.165) is 35.9 Å². The summed E-state index contributed by atoms with van der Waals surface area (Å²) in [5.41, 5.74) is 3.14. The molecular formula is C20H21FN4O2S. The molecule has 28 heavy (non-hydrogen) atoms. The molecule has 4 rings (SSSR count). The number of carbonyl (C=O) groups excluding carboxylic acids is 1. The van der Waals surface area contributed by atoms with Gasteiger partial charge in [-0.1, -0.05) is 5.16 Å². The predicted octanol–water partition coefficient (Wildman–Crippen LogP) is 3.51. The largest absolute Gasteiger partial charge is 0.361 e. The van der Waals surface area contributed by atoms with Crippen molar-refractivity contribution < 1.29 is 13.7 Å². The summed E-state index contributed by atoms with van der Waals surface area (Å²) in [5, 5.41) is 6.81. The Balaban J connectivity index is 1.35. The van der Waals surface area contributed by atoms with Gasteiger partial charge in [-0.3, -0.25) is 9.69 Å². The number of nitrogens with zero attached hydrogens (tertiary/aromatic N) is 4. The molecule has 1 aliphatic heterocycles. The summed E-state index contributed by atoms with van der Waals surface area (Å²) in [7, 11) is 0. The fraction of sp³-hybridized carbons (Fsp3) is 0.350. The lowest BCUT2D eigenvalue weighted by Crippen LogP contribution is -2.48. The van der Waals surface area contributed by atoms with Gasteiger partial charge in [0.2, 0.25) is 0 Å². The van der Waals surface area contributed by atoms with Crippen LogP contribution in [-0.4, -0.2) is 52.0 Å². The predicted molar refractivity (Wildman–Crippen MR) is 105 cm³/mol. The van der Waals surface area contributed by atoms with Crippen molar-refractivity contribution in [3.05, 3.63) is 58.2 Å². The Labute approximate surface area is 166 Å². The van der Waals surface area contributed by atoms with E-state index in [9.17, 15) is 9.18 Å². The third-order valence-electron chi connectivity index (χ3n) is 4.94. The van der Waals surface area contributed by atoms with Crippen molar-refractivity contribution >= 4 is 17.2 Å². The molecule has 6 nitrogen and oxygen atoms in total. The van der Waals surface area contributed by atoms with E-state index < -0.39 is 0 Å². The third kappa shape index (κ3) is 3.83. The first-order chi connectivity index (χ1) is 13.5. The summed E-state index contributed by atoms with van der Waals surface area (Å²) in [5.74, 6) is 0.313. The number of hydrogen-bond acceptors (Lipinski definition) is 6. The first-order valence-corrected chi connectivity index (χ1v) is 10.0. The van der Waals surface area contributed by atoms with Gasteiger partial charge in [-0.25, -0.2) is 9.37 Å². The highest BCUT2D eigenvalue weighted by Crippen LogP contribution is 2.25. The van der Waals surface area contributed by atoms with Crippen molar-refractivity contribution in [1.29, 1.82) is 0 Å². The second-order valence-corrected chi connectivity index (χ2v) is 7.78. The lowest BCUT2D eigenvalue weighted by molar-refractivity contribution is 0.0625. The molecule has 1 aliphatic rings. The maximum atomic E-state index is 13.1. The van der Waals surface area contributed by atoms with Crippen molar-refractivity contribution in [2.75, 3.05) is 26.2 Å². The van der Waals surface area contributed by atoms with E-state index in [1.54, 1.807) is 37.3 Å². The summed E-state index contributed by atoms with van der Waals surface area (Å²) in [4.78, 5) is 21.5. The lowest BCUT2D eigenvalue weighted by atomic mass is 10.1. The number of aryl methyl sites for hydroxylation is 2. The number of benzene rings is 1. The Morgan fingerprint density at radius 2 is 1.89 bits per heavy atom. The third-order valence-corrected chi connectivity index (χ3v) is 5.88. The van der Waals surface area contributed by atoms with Crippen molar-refractivity contribution in [1.82, 2.24) is 19.9 Å².